The first kappa shape index (κ1) is 10.1. The number of nitrogen functional groups attached to an aromatic ring is 1. The summed E-state index contributed by atoms with van der Waals surface area (Å²) in [5.41, 5.74) is 7.42. The van der Waals surface area contributed by atoms with E-state index in [1.54, 1.807) is 7.11 Å². The second-order valence-electron chi connectivity index (χ2n) is 2.56. The molecule has 1 rings (SSSR count). The highest BCUT2D eigenvalue weighted by atomic mass is 79.9. The van der Waals surface area contributed by atoms with Crippen LogP contribution in [0.2, 0.25) is 0 Å². The van der Waals surface area contributed by atoms with Gasteiger partial charge in [-0.15, -0.1) is 0 Å². The average Bonchev–Trinajstić information content (AvgIpc) is 2.16. The van der Waals surface area contributed by atoms with Crippen molar-refractivity contribution in [2.45, 2.75) is 0 Å². The first-order valence-corrected chi connectivity index (χ1v) is 5.06. The van der Waals surface area contributed by atoms with Crippen LogP contribution in [0.4, 0.5) is 5.69 Å². The van der Waals surface area contributed by atoms with Gasteiger partial charge in [0.1, 0.15) is 5.75 Å². The largest absolute Gasteiger partial charge is 0.495 e. The lowest BCUT2D eigenvalue weighted by Gasteiger charge is -2.04. The fourth-order valence-corrected chi connectivity index (χ4v) is 1.20. The molecule has 0 amide bonds. The number of halogens is 1. The summed E-state index contributed by atoms with van der Waals surface area (Å²) in [4.78, 5) is 0. The molecule has 0 saturated heterocycles. The molecule has 13 heavy (non-hydrogen) atoms. The summed E-state index contributed by atoms with van der Waals surface area (Å²) in [5, 5.41) is 0.847. The van der Waals surface area contributed by atoms with Gasteiger partial charge >= 0.3 is 0 Å². The lowest BCUT2D eigenvalue weighted by molar-refractivity contribution is 0.417. The molecule has 70 valence electrons. The quantitative estimate of drug-likeness (QED) is 0.653. The van der Waals surface area contributed by atoms with Crippen molar-refractivity contribution >= 4 is 27.7 Å². The number of anilines is 1. The van der Waals surface area contributed by atoms with Gasteiger partial charge in [0.15, 0.2) is 0 Å². The van der Waals surface area contributed by atoms with Gasteiger partial charge < -0.3 is 10.5 Å². The van der Waals surface area contributed by atoms with Crippen molar-refractivity contribution in [3.8, 4) is 5.75 Å². The second kappa shape index (κ2) is 4.92. The van der Waals surface area contributed by atoms with Crippen LogP contribution in [0.25, 0.3) is 6.08 Å². The van der Waals surface area contributed by atoms with E-state index in [4.69, 9.17) is 10.5 Å². The molecule has 1 aromatic carbocycles. The van der Waals surface area contributed by atoms with Crippen molar-refractivity contribution < 1.29 is 4.74 Å². The van der Waals surface area contributed by atoms with Crippen LogP contribution in [0.3, 0.4) is 0 Å². The molecular formula is C10H12BrNO. The van der Waals surface area contributed by atoms with E-state index in [1.165, 1.54) is 0 Å². The first-order valence-electron chi connectivity index (χ1n) is 3.94. The molecule has 2 nitrogen and oxygen atoms in total. The summed E-state index contributed by atoms with van der Waals surface area (Å²) in [6.45, 7) is 0. The van der Waals surface area contributed by atoms with Gasteiger partial charge in [0, 0.05) is 5.33 Å². The molecule has 0 saturated carbocycles. The van der Waals surface area contributed by atoms with Crippen LogP contribution in [0.15, 0.2) is 24.3 Å². The average molecular weight is 242 g/mol. The molecule has 1 aromatic rings. The Labute approximate surface area is 86.5 Å². The highest BCUT2D eigenvalue weighted by Gasteiger charge is 1.97. The van der Waals surface area contributed by atoms with E-state index < -0.39 is 0 Å². The van der Waals surface area contributed by atoms with E-state index in [1.807, 2.05) is 30.4 Å². The van der Waals surface area contributed by atoms with Gasteiger partial charge in [0.2, 0.25) is 0 Å². The van der Waals surface area contributed by atoms with Crippen LogP contribution in [-0.4, -0.2) is 12.4 Å². The summed E-state index contributed by atoms with van der Waals surface area (Å²) >= 11 is 3.31. The lowest BCUT2D eigenvalue weighted by Crippen LogP contribution is -1.91. The maximum absolute atomic E-state index is 5.67. The monoisotopic (exact) mass is 241 g/mol. The minimum Gasteiger partial charge on any atom is -0.495 e. The summed E-state index contributed by atoms with van der Waals surface area (Å²) in [7, 11) is 1.61. The number of allylic oxidation sites excluding steroid dienone is 1. The number of rotatable bonds is 3. The third-order valence-electron chi connectivity index (χ3n) is 1.66. The zero-order valence-electron chi connectivity index (χ0n) is 7.46. The number of hydrogen-bond acceptors (Lipinski definition) is 2. The number of benzene rings is 1. The number of methoxy groups -OCH3 is 1. The van der Waals surface area contributed by atoms with Gasteiger partial charge in [-0.05, 0) is 17.7 Å². The Kier molecular flexibility index (Phi) is 3.83. The molecule has 3 heteroatoms. The molecule has 0 unspecified atom stereocenters. The third kappa shape index (κ3) is 2.77. The standard InChI is InChI=1S/C10H12BrNO/c1-13-10-7-8(3-2-6-11)4-5-9(10)12/h2-5,7H,6,12H2,1H3. The number of hydrogen-bond donors (Lipinski definition) is 1. The number of alkyl halides is 1. The maximum atomic E-state index is 5.67. The Bertz CT molecular complexity index is 310. The van der Waals surface area contributed by atoms with Gasteiger partial charge in [0.05, 0.1) is 12.8 Å². The van der Waals surface area contributed by atoms with Crippen LogP contribution in [0, 0.1) is 0 Å². The normalized spacial score (nSPS) is 10.6. The highest BCUT2D eigenvalue weighted by molar-refractivity contribution is 9.09. The van der Waals surface area contributed by atoms with E-state index in [-0.39, 0.29) is 0 Å². The molecule has 0 fully saturated rings. The Morgan fingerprint density at radius 3 is 2.92 bits per heavy atom. The fraction of sp³-hybridized carbons (Fsp3) is 0.200. The van der Waals surface area contributed by atoms with Crippen molar-refractivity contribution in [1.29, 1.82) is 0 Å². The zero-order chi connectivity index (χ0) is 9.68. The summed E-state index contributed by atoms with van der Waals surface area (Å²) < 4.78 is 5.09. The van der Waals surface area contributed by atoms with E-state index in [2.05, 4.69) is 15.9 Å². The van der Waals surface area contributed by atoms with Crippen LogP contribution in [-0.2, 0) is 0 Å². The van der Waals surface area contributed by atoms with E-state index in [0.717, 1.165) is 16.6 Å². The van der Waals surface area contributed by atoms with Gasteiger partial charge in [-0.1, -0.05) is 34.1 Å². The topological polar surface area (TPSA) is 35.2 Å². The minimum atomic E-state index is 0.665. The predicted octanol–water partition coefficient (Wildman–Crippen LogP) is 2.69. The van der Waals surface area contributed by atoms with Crippen LogP contribution in [0.1, 0.15) is 5.56 Å². The summed E-state index contributed by atoms with van der Waals surface area (Å²) in [6, 6.07) is 5.71. The second-order valence-corrected chi connectivity index (χ2v) is 3.21. The molecule has 0 aliphatic heterocycles. The highest BCUT2D eigenvalue weighted by Crippen LogP contribution is 2.22. The number of nitrogens with two attached hydrogens (primary N) is 1. The Hall–Kier alpha value is -0.960. The molecule has 0 heterocycles. The van der Waals surface area contributed by atoms with Crippen LogP contribution >= 0.6 is 15.9 Å². The Balaban J connectivity index is 2.92. The van der Waals surface area contributed by atoms with Gasteiger partial charge in [-0.3, -0.25) is 0 Å². The van der Waals surface area contributed by atoms with Crippen molar-refractivity contribution in [1.82, 2.24) is 0 Å². The fourth-order valence-electron chi connectivity index (χ4n) is 1.01. The number of ether oxygens (including phenoxy) is 1. The zero-order valence-corrected chi connectivity index (χ0v) is 9.04. The first-order chi connectivity index (χ1) is 6.27. The van der Waals surface area contributed by atoms with E-state index in [9.17, 15) is 0 Å². The van der Waals surface area contributed by atoms with Crippen molar-refractivity contribution in [3.05, 3.63) is 29.8 Å². The van der Waals surface area contributed by atoms with E-state index >= 15 is 0 Å². The molecular weight excluding hydrogens is 230 g/mol. The molecule has 0 aliphatic rings. The van der Waals surface area contributed by atoms with Crippen LogP contribution < -0.4 is 10.5 Å². The third-order valence-corrected chi connectivity index (χ3v) is 2.03. The molecule has 0 aliphatic carbocycles. The Morgan fingerprint density at radius 2 is 2.31 bits per heavy atom. The molecule has 2 N–H and O–H groups in total. The molecule has 0 atom stereocenters. The van der Waals surface area contributed by atoms with Gasteiger partial charge in [-0.2, -0.15) is 0 Å². The lowest BCUT2D eigenvalue weighted by atomic mass is 10.2. The molecule has 0 bridgehead atoms. The van der Waals surface area contributed by atoms with Gasteiger partial charge in [0.25, 0.3) is 0 Å². The van der Waals surface area contributed by atoms with E-state index in [0.29, 0.717) is 5.69 Å². The smallest absolute Gasteiger partial charge is 0.142 e. The van der Waals surface area contributed by atoms with Gasteiger partial charge in [-0.25, -0.2) is 0 Å². The molecule has 0 radical (unpaired) electrons. The predicted molar refractivity (Wildman–Crippen MR) is 60.2 cm³/mol. The summed E-state index contributed by atoms with van der Waals surface area (Å²) in [5.74, 6) is 0.719. The SMILES string of the molecule is COc1cc(C=CCBr)ccc1N. The van der Waals surface area contributed by atoms with Crippen LogP contribution in [0.5, 0.6) is 5.75 Å². The molecule has 0 aromatic heterocycles. The van der Waals surface area contributed by atoms with Crippen molar-refractivity contribution in [3.63, 3.8) is 0 Å². The Morgan fingerprint density at radius 1 is 1.54 bits per heavy atom. The van der Waals surface area contributed by atoms with Crippen molar-refractivity contribution in [2.24, 2.45) is 0 Å². The molecule has 0 spiro atoms. The summed E-state index contributed by atoms with van der Waals surface area (Å²) in [6.07, 6.45) is 4.03. The minimum absolute atomic E-state index is 0.665. The maximum Gasteiger partial charge on any atom is 0.142 e. The van der Waals surface area contributed by atoms with Crippen molar-refractivity contribution in [2.75, 3.05) is 18.2 Å².